The van der Waals surface area contributed by atoms with Crippen molar-refractivity contribution in [1.29, 1.82) is 0 Å². The lowest BCUT2D eigenvalue weighted by atomic mass is 10.2. The molecule has 1 aromatic carbocycles. The predicted molar refractivity (Wildman–Crippen MR) is 54.7 cm³/mol. The second-order valence-corrected chi connectivity index (χ2v) is 3.19. The molecule has 0 aliphatic heterocycles. The second-order valence-electron chi connectivity index (χ2n) is 3.19. The molecule has 0 aliphatic rings. The van der Waals surface area contributed by atoms with Crippen LogP contribution in [0.15, 0.2) is 24.3 Å². The maximum absolute atomic E-state index is 5.65. The molecule has 0 aromatic heterocycles. The van der Waals surface area contributed by atoms with E-state index in [0.717, 1.165) is 17.7 Å². The molecular formula is C11H17NO. The molecular weight excluding hydrogens is 162 g/mol. The highest BCUT2D eigenvalue weighted by Gasteiger charge is 2.00. The fraction of sp³-hybridized carbons (Fsp3) is 0.455. The molecule has 1 rings (SSSR count). The molecule has 0 aliphatic carbocycles. The molecule has 0 radical (unpaired) electrons. The van der Waals surface area contributed by atoms with Gasteiger partial charge in [0.1, 0.15) is 5.75 Å². The standard InChI is InChI=1S/C11H17NO/c1-3-9(2)13-11-6-4-5-10(7-11)8-12/h4-7,9H,3,8,12H2,1-2H3/t9-/m1/s1. The Labute approximate surface area is 79.7 Å². The summed E-state index contributed by atoms with van der Waals surface area (Å²) in [5.41, 5.74) is 6.64. The zero-order chi connectivity index (χ0) is 9.68. The number of hydrogen-bond acceptors (Lipinski definition) is 2. The van der Waals surface area contributed by atoms with Crippen molar-refractivity contribution >= 4 is 0 Å². The lowest BCUT2D eigenvalue weighted by molar-refractivity contribution is 0.217. The van der Waals surface area contributed by atoms with E-state index in [0.29, 0.717) is 6.54 Å². The number of hydrogen-bond donors (Lipinski definition) is 1. The molecule has 0 fully saturated rings. The Balaban J connectivity index is 2.66. The molecule has 2 nitrogen and oxygen atoms in total. The van der Waals surface area contributed by atoms with Crippen LogP contribution in [0.4, 0.5) is 0 Å². The summed E-state index contributed by atoms with van der Waals surface area (Å²) in [6.07, 6.45) is 1.29. The first-order valence-corrected chi connectivity index (χ1v) is 4.72. The Morgan fingerprint density at radius 3 is 2.85 bits per heavy atom. The van der Waals surface area contributed by atoms with Crippen LogP contribution in [-0.2, 0) is 6.54 Å². The minimum absolute atomic E-state index is 0.271. The Hall–Kier alpha value is -1.02. The zero-order valence-corrected chi connectivity index (χ0v) is 8.29. The van der Waals surface area contributed by atoms with Gasteiger partial charge in [-0.3, -0.25) is 0 Å². The van der Waals surface area contributed by atoms with E-state index in [2.05, 4.69) is 13.8 Å². The van der Waals surface area contributed by atoms with Crippen LogP contribution in [-0.4, -0.2) is 6.10 Å². The predicted octanol–water partition coefficient (Wildman–Crippen LogP) is 2.32. The van der Waals surface area contributed by atoms with Crippen LogP contribution < -0.4 is 10.5 Å². The molecule has 0 unspecified atom stereocenters. The van der Waals surface area contributed by atoms with E-state index in [1.165, 1.54) is 0 Å². The third-order valence-corrected chi connectivity index (χ3v) is 2.05. The van der Waals surface area contributed by atoms with Gasteiger partial charge in [-0.2, -0.15) is 0 Å². The van der Waals surface area contributed by atoms with Crippen molar-refractivity contribution in [2.45, 2.75) is 32.9 Å². The van der Waals surface area contributed by atoms with Crippen molar-refractivity contribution in [1.82, 2.24) is 0 Å². The average molecular weight is 179 g/mol. The summed E-state index contributed by atoms with van der Waals surface area (Å²) in [5.74, 6) is 0.914. The Morgan fingerprint density at radius 1 is 1.46 bits per heavy atom. The van der Waals surface area contributed by atoms with Gasteiger partial charge < -0.3 is 10.5 Å². The first-order valence-electron chi connectivity index (χ1n) is 4.72. The van der Waals surface area contributed by atoms with Crippen LogP contribution in [0.3, 0.4) is 0 Å². The van der Waals surface area contributed by atoms with Gasteiger partial charge in [0, 0.05) is 6.54 Å². The molecule has 0 amide bonds. The van der Waals surface area contributed by atoms with Crippen molar-refractivity contribution in [3.8, 4) is 5.75 Å². The molecule has 2 N–H and O–H groups in total. The highest BCUT2D eigenvalue weighted by atomic mass is 16.5. The number of benzene rings is 1. The van der Waals surface area contributed by atoms with Crippen molar-refractivity contribution in [2.75, 3.05) is 0 Å². The average Bonchev–Trinajstić information content (AvgIpc) is 2.18. The van der Waals surface area contributed by atoms with Crippen molar-refractivity contribution < 1.29 is 4.74 Å². The zero-order valence-electron chi connectivity index (χ0n) is 8.29. The first kappa shape index (κ1) is 10.1. The first-order chi connectivity index (χ1) is 6.26. The van der Waals surface area contributed by atoms with E-state index in [4.69, 9.17) is 10.5 Å². The highest BCUT2D eigenvalue weighted by Crippen LogP contribution is 2.15. The van der Waals surface area contributed by atoms with Crippen molar-refractivity contribution in [3.05, 3.63) is 29.8 Å². The maximum Gasteiger partial charge on any atom is 0.120 e. The van der Waals surface area contributed by atoms with E-state index in [9.17, 15) is 0 Å². The van der Waals surface area contributed by atoms with Crippen LogP contribution in [0, 0.1) is 0 Å². The summed E-state index contributed by atoms with van der Waals surface area (Å²) in [4.78, 5) is 0. The van der Waals surface area contributed by atoms with E-state index in [-0.39, 0.29) is 6.10 Å². The van der Waals surface area contributed by atoms with Crippen LogP contribution in [0.25, 0.3) is 0 Å². The summed E-state index contributed by atoms with van der Waals surface area (Å²) < 4.78 is 5.65. The minimum Gasteiger partial charge on any atom is -0.491 e. The third kappa shape index (κ3) is 3.07. The van der Waals surface area contributed by atoms with E-state index >= 15 is 0 Å². The molecule has 13 heavy (non-hydrogen) atoms. The van der Waals surface area contributed by atoms with E-state index in [1.807, 2.05) is 24.3 Å². The van der Waals surface area contributed by atoms with E-state index < -0.39 is 0 Å². The number of rotatable bonds is 4. The number of nitrogens with two attached hydrogens (primary N) is 1. The van der Waals surface area contributed by atoms with Crippen LogP contribution in [0.2, 0.25) is 0 Å². The molecule has 1 aromatic rings. The fourth-order valence-electron chi connectivity index (χ4n) is 1.06. The molecule has 72 valence electrons. The van der Waals surface area contributed by atoms with Gasteiger partial charge in [-0.05, 0) is 31.0 Å². The Kier molecular flexibility index (Phi) is 3.77. The molecule has 2 heteroatoms. The van der Waals surface area contributed by atoms with Gasteiger partial charge in [-0.15, -0.1) is 0 Å². The van der Waals surface area contributed by atoms with Gasteiger partial charge in [-0.1, -0.05) is 19.1 Å². The van der Waals surface area contributed by atoms with Crippen LogP contribution in [0.5, 0.6) is 5.75 Å². The van der Waals surface area contributed by atoms with Crippen molar-refractivity contribution in [3.63, 3.8) is 0 Å². The smallest absolute Gasteiger partial charge is 0.120 e. The molecule has 0 saturated heterocycles. The van der Waals surface area contributed by atoms with Gasteiger partial charge in [0.2, 0.25) is 0 Å². The van der Waals surface area contributed by atoms with Crippen LogP contribution >= 0.6 is 0 Å². The molecule has 1 atom stereocenters. The maximum atomic E-state index is 5.65. The van der Waals surface area contributed by atoms with Gasteiger partial charge in [0.15, 0.2) is 0 Å². The molecule has 0 bridgehead atoms. The largest absolute Gasteiger partial charge is 0.491 e. The monoisotopic (exact) mass is 179 g/mol. The molecule has 0 saturated carbocycles. The minimum atomic E-state index is 0.271. The SMILES string of the molecule is CC[C@@H](C)Oc1cccc(CN)c1. The summed E-state index contributed by atoms with van der Waals surface area (Å²) in [5, 5.41) is 0. The van der Waals surface area contributed by atoms with Gasteiger partial charge in [0.05, 0.1) is 6.10 Å². The third-order valence-electron chi connectivity index (χ3n) is 2.05. The summed E-state index contributed by atoms with van der Waals surface area (Å²) >= 11 is 0. The van der Waals surface area contributed by atoms with Gasteiger partial charge in [-0.25, -0.2) is 0 Å². The summed E-state index contributed by atoms with van der Waals surface area (Å²) in [6, 6.07) is 7.93. The van der Waals surface area contributed by atoms with Gasteiger partial charge >= 0.3 is 0 Å². The normalized spacial score (nSPS) is 12.5. The molecule has 0 heterocycles. The Morgan fingerprint density at radius 2 is 2.23 bits per heavy atom. The van der Waals surface area contributed by atoms with Crippen molar-refractivity contribution in [2.24, 2.45) is 5.73 Å². The molecule has 0 spiro atoms. The summed E-state index contributed by atoms with van der Waals surface area (Å²) in [7, 11) is 0. The van der Waals surface area contributed by atoms with Gasteiger partial charge in [0.25, 0.3) is 0 Å². The quantitative estimate of drug-likeness (QED) is 0.769. The lowest BCUT2D eigenvalue weighted by Crippen LogP contribution is -2.10. The topological polar surface area (TPSA) is 35.2 Å². The highest BCUT2D eigenvalue weighted by molar-refractivity contribution is 5.28. The van der Waals surface area contributed by atoms with E-state index in [1.54, 1.807) is 0 Å². The van der Waals surface area contributed by atoms with Crippen LogP contribution in [0.1, 0.15) is 25.8 Å². The lowest BCUT2D eigenvalue weighted by Gasteiger charge is -2.12. The second kappa shape index (κ2) is 4.87. The summed E-state index contributed by atoms with van der Waals surface area (Å²) in [6.45, 7) is 4.74. The fourth-order valence-corrected chi connectivity index (χ4v) is 1.06. The number of ether oxygens (including phenoxy) is 1. The Bertz CT molecular complexity index is 260.